The third-order valence-electron chi connectivity index (χ3n) is 4.38. The molecule has 24 heavy (non-hydrogen) atoms. The molecule has 0 aliphatic carbocycles. The summed E-state index contributed by atoms with van der Waals surface area (Å²) in [5.74, 6) is 0. The van der Waals surface area contributed by atoms with Crippen molar-refractivity contribution in [3.8, 4) is 0 Å². The van der Waals surface area contributed by atoms with Crippen LogP contribution in [0.3, 0.4) is 0 Å². The molecule has 2 heteroatoms. The lowest BCUT2D eigenvalue weighted by molar-refractivity contribution is 0.590. The highest BCUT2D eigenvalue weighted by molar-refractivity contribution is 7.86. The molecule has 2 aromatic rings. The van der Waals surface area contributed by atoms with Crippen LogP contribution in [0.1, 0.15) is 69.0 Å². The summed E-state index contributed by atoms with van der Waals surface area (Å²) in [6.45, 7) is 13.3. The molecule has 0 heterocycles. The lowest BCUT2D eigenvalue weighted by atomic mass is 9.85. The summed E-state index contributed by atoms with van der Waals surface area (Å²) in [6, 6.07) is 17.2. The third-order valence-corrected chi connectivity index (χ3v) is 5.58. The maximum Gasteiger partial charge on any atom is 0.0624 e. The van der Waals surface area contributed by atoms with Gasteiger partial charge in [0.05, 0.1) is 5.25 Å². The van der Waals surface area contributed by atoms with Gasteiger partial charge in [-0.1, -0.05) is 102 Å². The van der Waals surface area contributed by atoms with E-state index in [1.807, 2.05) is 0 Å². The molecule has 0 fully saturated rings. The molecule has 1 unspecified atom stereocenters. The van der Waals surface area contributed by atoms with E-state index in [1.54, 1.807) is 0 Å². The molecule has 0 amide bonds. The molecule has 0 aliphatic rings. The molecule has 0 aliphatic heterocycles. The van der Waals surface area contributed by atoms with Crippen LogP contribution >= 0.6 is 24.8 Å². The molecule has 0 spiro atoms. The van der Waals surface area contributed by atoms with Crippen molar-refractivity contribution in [1.29, 1.82) is 0 Å². The van der Waals surface area contributed by atoms with E-state index in [0.717, 1.165) is 16.0 Å². The Labute approximate surface area is 158 Å². The number of thiocarbonyl (C=S) groups is 1. The van der Waals surface area contributed by atoms with Crippen molar-refractivity contribution in [2.75, 3.05) is 0 Å². The fraction of sp³-hybridized carbons (Fsp3) is 0.409. The van der Waals surface area contributed by atoms with E-state index in [1.165, 1.54) is 11.1 Å². The molecule has 0 bridgehead atoms. The minimum atomic E-state index is -0.0606. The second-order valence-corrected chi connectivity index (χ2v) is 9.42. The zero-order chi connectivity index (χ0) is 18.1. The first kappa shape index (κ1) is 19.2. The van der Waals surface area contributed by atoms with Crippen molar-refractivity contribution in [2.45, 2.75) is 57.6 Å². The molecule has 2 rings (SSSR count). The van der Waals surface area contributed by atoms with Crippen LogP contribution in [0.15, 0.2) is 48.5 Å². The Morgan fingerprint density at radius 3 is 1.50 bits per heavy atom. The summed E-state index contributed by atoms with van der Waals surface area (Å²) in [5, 5.41) is -0.0606. The van der Waals surface area contributed by atoms with Gasteiger partial charge in [0.25, 0.3) is 0 Å². The summed E-state index contributed by atoms with van der Waals surface area (Å²) in [4.78, 5) is 0.877. The number of hydrogen-bond donors (Lipinski definition) is 1. The van der Waals surface area contributed by atoms with Gasteiger partial charge < -0.3 is 0 Å². The van der Waals surface area contributed by atoms with Crippen LogP contribution in [0.25, 0.3) is 0 Å². The summed E-state index contributed by atoms with van der Waals surface area (Å²) in [5.41, 5.74) is 5.19. The topological polar surface area (TPSA) is 0 Å². The molecule has 128 valence electrons. The van der Waals surface area contributed by atoms with E-state index in [2.05, 4.69) is 90.1 Å². The molecule has 2 aromatic carbocycles. The Balaban J connectivity index is 2.20. The Hall–Kier alpha value is -1.12. The first-order chi connectivity index (χ1) is 11.0. The lowest BCUT2D eigenvalue weighted by Gasteiger charge is -2.21. The van der Waals surface area contributed by atoms with Crippen molar-refractivity contribution in [2.24, 2.45) is 0 Å². The van der Waals surface area contributed by atoms with Crippen molar-refractivity contribution in [1.82, 2.24) is 0 Å². The quantitative estimate of drug-likeness (QED) is 0.364. The molecular formula is C22H28S2. The summed E-state index contributed by atoms with van der Waals surface area (Å²) < 4.78 is 0. The van der Waals surface area contributed by atoms with Crippen LogP contribution < -0.4 is 0 Å². The maximum atomic E-state index is 5.69. The van der Waals surface area contributed by atoms with Crippen molar-refractivity contribution in [3.05, 3.63) is 70.8 Å². The molecule has 0 aromatic heterocycles. The van der Waals surface area contributed by atoms with E-state index in [0.29, 0.717) is 0 Å². The van der Waals surface area contributed by atoms with Crippen molar-refractivity contribution in [3.63, 3.8) is 0 Å². The highest BCUT2D eigenvalue weighted by Gasteiger charge is 2.18. The first-order valence-corrected chi connectivity index (χ1v) is 9.36. The molecule has 0 N–H and O–H groups in total. The Morgan fingerprint density at radius 1 is 0.750 bits per heavy atom. The van der Waals surface area contributed by atoms with Crippen molar-refractivity contribution < 1.29 is 0 Å². The van der Waals surface area contributed by atoms with Crippen LogP contribution in [0, 0.1) is 0 Å². The second kappa shape index (κ2) is 7.01. The average molecular weight is 357 g/mol. The molecule has 0 saturated carbocycles. The largest absolute Gasteiger partial charge is 0.165 e. The molecule has 0 nitrogen and oxygen atoms in total. The van der Waals surface area contributed by atoms with Gasteiger partial charge in [-0.3, -0.25) is 0 Å². The summed E-state index contributed by atoms with van der Waals surface area (Å²) >= 11 is 10.5. The monoisotopic (exact) mass is 356 g/mol. The normalized spacial score (nSPS) is 13.6. The number of hydrogen-bond acceptors (Lipinski definition) is 2. The predicted molar refractivity (Wildman–Crippen MR) is 114 cm³/mol. The number of benzene rings is 2. The Kier molecular flexibility index (Phi) is 5.61. The third kappa shape index (κ3) is 4.49. The lowest BCUT2D eigenvalue weighted by Crippen LogP contribution is -2.13. The van der Waals surface area contributed by atoms with E-state index < -0.39 is 0 Å². The number of thiol groups is 1. The Morgan fingerprint density at radius 2 is 1.12 bits per heavy atom. The zero-order valence-corrected chi connectivity index (χ0v) is 17.3. The Bertz CT molecular complexity index is 696. The van der Waals surface area contributed by atoms with Crippen LogP contribution in [0.4, 0.5) is 0 Å². The second-order valence-electron chi connectivity index (χ2n) is 8.47. The van der Waals surface area contributed by atoms with Gasteiger partial charge >= 0.3 is 0 Å². The summed E-state index contributed by atoms with van der Waals surface area (Å²) in [6.07, 6.45) is 0. The van der Waals surface area contributed by atoms with Gasteiger partial charge in [-0.05, 0) is 33.1 Å². The first-order valence-electron chi connectivity index (χ1n) is 8.43. The fourth-order valence-electron chi connectivity index (χ4n) is 2.61. The van der Waals surface area contributed by atoms with E-state index >= 15 is 0 Å². The molecule has 1 atom stereocenters. The molecular weight excluding hydrogens is 328 g/mol. The highest BCUT2D eigenvalue weighted by Crippen LogP contribution is 2.30. The number of rotatable bonds is 3. The fourth-order valence-corrected chi connectivity index (χ4v) is 3.20. The van der Waals surface area contributed by atoms with Crippen molar-refractivity contribution >= 4 is 29.7 Å². The average Bonchev–Trinajstić information content (AvgIpc) is 2.52. The van der Waals surface area contributed by atoms with E-state index in [9.17, 15) is 0 Å². The van der Waals surface area contributed by atoms with Crippen LogP contribution in [-0.4, -0.2) is 4.86 Å². The van der Waals surface area contributed by atoms with Crippen LogP contribution in [0.5, 0.6) is 0 Å². The minimum absolute atomic E-state index is 0.0606. The van der Waals surface area contributed by atoms with Gasteiger partial charge in [-0.25, -0.2) is 0 Å². The summed E-state index contributed by atoms with van der Waals surface area (Å²) in [7, 11) is 0. The zero-order valence-electron chi connectivity index (χ0n) is 15.6. The standard InChI is InChI=1S/C22H28S2/c1-21(2,3)17-11-7-15(8-12-17)19(23)20(24)16-9-13-18(14-10-16)22(4,5)6/h7-14,19,23H,1-6H3. The SMILES string of the molecule is CC(C)(C)c1ccc(C(=S)C(S)c2ccc(C(C)(C)C)cc2)cc1. The molecule has 0 radical (unpaired) electrons. The highest BCUT2D eigenvalue weighted by atomic mass is 32.1. The minimum Gasteiger partial charge on any atom is -0.165 e. The van der Waals surface area contributed by atoms with E-state index in [4.69, 9.17) is 24.8 Å². The van der Waals surface area contributed by atoms with Gasteiger partial charge in [-0.15, -0.1) is 0 Å². The maximum absolute atomic E-state index is 5.69. The van der Waals surface area contributed by atoms with Gasteiger partial charge in [0.1, 0.15) is 0 Å². The van der Waals surface area contributed by atoms with Gasteiger partial charge in [0, 0.05) is 4.86 Å². The van der Waals surface area contributed by atoms with E-state index in [-0.39, 0.29) is 16.1 Å². The van der Waals surface area contributed by atoms with Crippen LogP contribution in [-0.2, 0) is 10.8 Å². The van der Waals surface area contributed by atoms with Gasteiger partial charge in [-0.2, -0.15) is 12.6 Å². The molecule has 0 saturated heterocycles. The smallest absolute Gasteiger partial charge is 0.0624 e. The predicted octanol–water partition coefficient (Wildman–Crippen LogP) is 6.67. The van der Waals surface area contributed by atoms with Crippen LogP contribution in [0.2, 0.25) is 0 Å². The van der Waals surface area contributed by atoms with Gasteiger partial charge in [0.15, 0.2) is 0 Å². The van der Waals surface area contributed by atoms with Gasteiger partial charge in [0.2, 0.25) is 0 Å².